The summed E-state index contributed by atoms with van der Waals surface area (Å²) in [5.74, 6) is 8.19. The number of nitrogens with one attached hydrogen (secondary N) is 1. The standard InChI is InChI=1S/C17H27FN2O/c1-11(2)12-4-6-13(7-5-12)17(20-19)15-10-14(18)8-9-16(15)21-3/h8-13,17,20H,4-7,19H2,1-3H3. The Morgan fingerprint density at radius 3 is 2.33 bits per heavy atom. The molecule has 1 unspecified atom stereocenters. The van der Waals surface area contributed by atoms with E-state index in [1.807, 2.05) is 0 Å². The van der Waals surface area contributed by atoms with Gasteiger partial charge in [-0.05, 0) is 61.6 Å². The first-order valence-corrected chi connectivity index (χ1v) is 7.86. The summed E-state index contributed by atoms with van der Waals surface area (Å²) >= 11 is 0. The van der Waals surface area contributed by atoms with E-state index in [2.05, 4.69) is 19.3 Å². The van der Waals surface area contributed by atoms with E-state index in [0.29, 0.717) is 11.7 Å². The lowest BCUT2D eigenvalue weighted by molar-refractivity contribution is 0.187. The van der Waals surface area contributed by atoms with Gasteiger partial charge in [0.2, 0.25) is 0 Å². The molecule has 4 heteroatoms. The van der Waals surface area contributed by atoms with Gasteiger partial charge in [-0.1, -0.05) is 13.8 Å². The predicted octanol–water partition coefficient (Wildman–Crippen LogP) is 3.80. The number of methoxy groups -OCH3 is 1. The van der Waals surface area contributed by atoms with E-state index in [1.54, 1.807) is 13.2 Å². The fraction of sp³-hybridized carbons (Fsp3) is 0.647. The highest BCUT2D eigenvalue weighted by atomic mass is 19.1. The van der Waals surface area contributed by atoms with Gasteiger partial charge in [0.15, 0.2) is 0 Å². The maximum atomic E-state index is 13.6. The second kappa shape index (κ2) is 7.23. The lowest BCUT2D eigenvalue weighted by Gasteiger charge is -2.35. The quantitative estimate of drug-likeness (QED) is 0.641. The first-order chi connectivity index (χ1) is 10.1. The van der Waals surface area contributed by atoms with Crippen LogP contribution in [-0.4, -0.2) is 7.11 Å². The van der Waals surface area contributed by atoms with Crippen molar-refractivity contribution in [3.63, 3.8) is 0 Å². The number of hydrazine groups is 1. The minimum Gasteiger partial charge on any atom is -0.496 e. The van der Waals surface area contributed by atoms with Crippen LogP contribution in [0, 0.1) is 23.6 Å². The van der Waals surface area contributed by atoms with Crippen LogP contribution in [-0.2, 0) is 0 Å². The third kappa shape index (κ3) is 3.74. The van der Waals surface area contributed by atoms with Crippen molar-refractivity contribution in [2.75, 3.05) is 7.11 Å². The van der Waals surface area contributed by atoms with Gasteiger partial charge in [0.05, 0.1) is 13.2 Å². The van der Waals surface area contributed by atoms with Crippen molar-refractivity contribution in [3.05, 3.63) is 29.6 Å². The van der Waals surface area contributed by atoms with E-state index in [-0.39, 0.29) is 11.9 Å². The Morgan fingerprint density at radius 1 is 1.19 bits per heavy atom. The fourth-order valence-electron chi connectivity index (χ4n) is 3.57. The highest BCUT2D eigenvalue weighted by molar-refractivity contribution is 5.37. The third-order valence-electron chi connectivity index (χ3n) is 4.94. The minimum atomic E-state index is -0.248. The van der Waals surface area contributed by atoms with Gasteiger partial charge in [0.25, 0.3) is 0 Å². The average molecular weight is 294 g/mol. The smallest absolute Gasteiger partial charge is 0.123 e. The van der Waals surface area contributed by atoms with Crippen LogP contribution in [0.3, 0.4) is 0 Å². The maximum Gasteiger partial charge on any atom is 0.123 e. The molecule has 2 rings (SSSR count). The maximum absolute atomic E-state index is 13.6. The molecule has 1 atom stereocenters. The van der Waals surface area contributed by atoms with E-state index in [0.717, 1.165) is 30.2 Å². The molecule has 0 amide bonds. The van der Waals surface area contributed by atoms with Crippen LogP contribution in [0.1, 0.15) is 51.1 Å². The van der Waals surface area contributed by atoms with Crippen LogP contribution in [0.2, 0.25) is 0 Å². The molecule has 1 aromatic rings. The molecule has 0 aromatic heterocycles. The number of nitrogens with two attached hydrogens (primary N) is 1. The Hall–Kier alpha value is -1.13. The van der Waals surface area contributed by atoms with E-state index in [4.69, 9.17) is 10.6 Å². The zero-order valence-corrected chi connectivity index (χ0v) is 13.2. The first kappa shape index (κ1) is 16.2. The van der Waals surface area contributed by atoms with Gasteiger partial charge < -0.3 is 4.74 Å². The van der Waals surface area contributed by atoms with Crippen molar-refractivity contribution in [2.24, 2.45) is 23.6 Å². The van der Waals surface area contributed by atoms with Crippen molar-refractivity contribution in [2.45, 2.75) is 45.6 Å². The molecule has 3 N–H and O–H groups in total. The summed E-state index contributed by atoms with van der Waals surface area (Å²) in [6.07, 6.45) is 4.69. The molecular weight excluding hydrogens is 267 g/mol. The Bertz CT molecular complexity index is 456. The molecule has 1 aromatic carbocycles. The van der Waals surface area contributed by atoms with Crippen molar-refractivity contribution < 1.29 is 9.13 Å². The zero-order chi connectivity index (χ0) is 15.4. The second-order valence-electron chi connectivity index (χ2n) is 6.45. The zero-order valence-electron chi connectivity index (χ0n) is 13.2. The molecule has 0 bridgehead atoms. The number of hydrogen-bond acceptors (Lipinski definition) is 3. The van der Waals surface area contributed by atoms with Gasteiger partial charge in [-0.25, -0.2) is 4.39 Å². The molecule has 0 spiro atoms. The van der Waals surface area contributed by atoms with Gasteiger partial charge in [0, 0.05) is 5.56 Å². The third-order valence-corrected chi connectivity index (χ3v) is 4.94. The van der Waals surface area contributed by atoms with Crippen LogP contribution in [0.15, 0.2) is 18.2 Å². The molecule has 0 radical (unpaired) electrons. The largest absolute Gasteiger partial charge is 0.496 e. The van der Waals surface area contributed by atoms with Gasteiger partial charge in [-0.2, -0.15) is 0 Å². The molecule has 1 aliphatic rings. The summed E-state index contributed by atoms with van der Waals surface area (Å²) in [6, 6.07) is 4.59. The molecule has 0 aliphatic heterocycles. The molecule has 1 aliphatic carbocycles. The van der Waals surface area contributed by atoms with Gasteiger partial charge in [-0.15, -0.1) is 0 Å². The summed E-state index contributed by atoms with van der Waals surface area (Å²) in [4.78, 5) is 0. The van der Waals surface area contributed by atoms with Crippen LogP contribution in [0.4, 0.5) is 4.39 Å². The topological polar surface area (TPSA) is 47.3 Å². The van der Waals surface area contributed by atoms with Crippen LogP contribution < -0.4 is 16.0 Å². The molecule has 0 heterocycles. The second-order valence-corrected chi connectivity index (χ2v) is 6.45. The molecule has 1 fully saturated rings. The number of rotatable bonds is 5. The first-order valence-electron chi connectivity index (χ1n) is 7.86. The SMILES string of the molecule is COc1ccc(F)cc1C(NN)C1CCC(C(C)C)CC1. The van der Waals surface area contributed by atoms with Gasteiger partial charge >= 0.3 is 0 Å². The van der Waals surface area contributed by atoms with Crippen molar-refractivity contribution in [3.8, 4) is 5.75 Å². The highest BCUT2D eigenvalue weighted by Gasteiger charge is 2.30. The molecule has 1 saturated carbocycles. The Kier molecular flexibility index (Phi) is 5.59. The summed E-state index contributed by atoms with van der Waals surface area (Å²) < 4.78 is 19.0. The molecule has 0 saturated heterocycles. The van der Waals surface area contributed by atoms with E-state index in [1.165, 1.54) is 25.0 Å². The van der Waals surface area contributed by atoms with Crippen LogP contribution in [0.25, 0.3) is 0 Å². The summed E-state index contributed by atoms with van der Waals surface area (Å²) in [6.45, 7) is 4.58. The number of halogens is 1. The average Bonchev–Trinajstić information content (AvgIpc) is 2.49. The molecular formula is C17H27FN2O. The van der Waals surface area contributed by atoms with Crippen LogP contribution >= 0.6 is 0 Å². The summed E-state index contributed by atoms with van der Waals surface area (Å²) in [7, 11) is 1.61. The van der Waals surface area contributed by atoms with Crippen LogP contribution in [0.5, 0.6) is 5.75 Å². The molecule has 21 heavy (non-hydrogen) atoms. The lowest BCUT2D eigenvalue weighted by Crippen LogP contribution is -2.36. The van der Waals surface area contributed by atoms with Crippen molar-refractivity contribution in [1.29, 1.82) is 0 Å². The normalized spacial score (nSPS) is 24.1. The van der Waals surface area contributed by atoms with E-state index < -0.39 is 0 Å². The predicted molar refractivity (Wildman–Crippen MR) is 83.3 cm³/mol. The Labute approximate surface area is 127 Å². The number of ether oxygens (including phenoxy) is 1. The summed E-state index contributed by atoms with van der Waals surface area (Å²) in [5, 5.41) is 0. The molecule has 3 nitrogen and oxygen atoms in total. The highest BCUT2D eigenvalue weighted by Crippen LogP contribution is 2.41. The molecule has 118 valence electrons. The Morgan fingerprint density at radius 2 is 1.81 bits per heavy atom. The van der Waals surface area contributed by atoms with E-state index >= 15 is 0 Å². The monoisotopic (exact) mass is 294 g/mol. The van der Waals surface area contributed by atoms with Gasteiger partial charge in [-0.3, -0.25) is 11.3 Å². The van der Waals surface area contributed by atoms with Crippen molar-refractivity contribution >= 4 is 0 Å². The summed E-state index contributed by atoms with van der Waals surface area (Å²) in [5.41, 5.74) is 3.71. The van der Waals surface area contributed by atoms with E-state index in [9.17, 15) is 4.39 Å². The number of benzene rings is 1. The minimum absolute atomic E-state index is 0.0521. The van der Waals surface area contributed by atoms with Gasteiger partial charge in [0.1, 0.15) is 11.6 Å². The lowest BCUT2D eigenvalue weighted by atomic mass is 9.73. The fourth-order valence-corrected chi connectivity index (χ4v) is 3.57. The number of hydrogen-bond donors (Lipinski definition) is 2. The Balaban J connectivity index is 2.15. The van der Waals surface area contributed by atoms with Crippen molar-refractivity contribution in [1.82, 2.24) is 5.43 Å².